The molecule has 3 aromatic carbocycles. The number of para-hydroxylation sites is 1. The molecule has 3 aromatic rings. The first kappa shape index (κ1) is 15.9. The van der Waals surface area contributed by atoms with Crippen molar-refractivity contribution in [2.45, 2.75) is 12.3 Å². The maximum absolute atomic E-state index is 13.3. The third-order valence-electron chi connectivity index (χ3n) is 4.76. The first-order valence-corrected chi connectivity index (χ1v) is 8.80. The number of fused-ring (bicyclic) bond motifs is 1. The fourth-order valence-corrected chi connectivity index (χ4v) is 4.11. The van der Waals surface area contributed by atoms with Crippen LogP contribution in [0.1, 0.15) is 22.3 Å². The number of anilines is 1. The molecule has 0 radical (unpaired) electrons. The Morgan fingerprint density at radius 1 is 0.960 bits per heavy atom. The predicted octanol–water partition coefficient (Wildman–Crippen LogP) is 4.75. The zero-order chi connectivity index (χ0) is 17.6. The lowest BCUT2D eigenvalue weighted by atomic mass is 9.69. The second-order valence-corrected chi connectivity index (χ2v) is 7.11. The number of halogens is 1. The third kappa shape index (κ3) is 2.21. The number of aryl methyl sites for hydroxylation is 1. The quantitative estimate of drug-likeness (QED) is 0.659. The summed E-state index contributed by atoms with van der Waals surface area (Å²) >= 11 is 3.53. The highest BCUT2D eigenvalue weighted by atomic mass is 79.9. The van der Waals surface area contributed by atoms with Crippen LogP contribution in [0.25, 0.3) is 0 Å². The first-order chi connectivity index (χ1) is 12.0. The van der Waals surface area contributed by atoms with Gasteiger partial charge in [0.05, 0.1) is 5.69 Å². The molecule has 1 heterocycles. The number of carbonyl (C=O) groups excluding carboxylic acids is 1. The van der Waals surface area contributed by atoms with Crippen LogP contribution in [0.5, 0.6) is 5.75 Å². The minimum absolute atomic E-state index is 0.109. The van der Waals surface area contributed by atoms with E-state index in [4.69, 9.17) is 0 Å². The highest BCUT2D eigenvalue weighted by Gasteiger charge is 2.51. The van der Waals surface area contributed by atoms with Gasteiger partial charge in [-0.2, -0.15) is 0 Å². The number of aromatic hydroxyl groups is 1. The Labute approximate surface area is 154 Å². The lowest BCUT2D eigenvalue weighted by Crippen LogP contribution is -2.37. The van der Waals surface area contributed by atoms with E-state index in [1.165, 1.54) is 0 Å². The van der Waals surface area contributed by atoms with Gasteiger partial charge in [-0.3, -0.25) is 4.79 Å². The normalized spacial score (nSPS) is 18.7. The molecule has 1 aliphatic heterocycles. The largest absolute Gasteiger partial charge is 0.508 e. The number of carbonyl (C=O) groups is 1. The van der Waals surface area contributed by atoms with Crippen LogP contribution in [0.15, 0.2) is 71.2 Å². The second kappa shape index (κ2) is 5.74. The Morgan fingerprint density at radius 3 is 2.48 bits per heavy atom. The fourth-order valence-electron chi connectivity index (χ4n) is 3.64. The van der Waals surface area contributed by atoms with Crippen LogP contribution in [0, 0.1) is 6.92 Å². The Hall–Kier alpha value is -2.59. The summed E-state index contributed by atoms with van der Waals surface area (Å²) in [6.07, 6.45) is 0. The standard InChI is InChI=1S/C21H16BrNO2/c1-13-10-11-18(24)16(12-13)21(14-6-3-2-4-7-14)15-8-5-9-17(22)19(15)23-20(21)25/h2-12,24H,1H3,(H,23,25). The van der Waals surface area contributed by atoms with Gasteiger partial charge < -0.3 is 10.4 Å². The zero-order valence-corrected chi connectivity index (χ0v) is 15.2. The Bertz CT molecular complexity index is 984. The molecule has 0 saturated carbocycles. The van der Waals surface area contributed by atoms with Crippen molar-refractivity contribution < 1.29 is 9.90 Å². The minimum Gasteiger partial charge on any atom is -0.508 e. The summed E-state index contributed by atoms with van der Waals surface area (Å²) in [5.74, 6) is -0.0565. The van der Waals surface area contributed by atoms with Crippen molar-refractivity contribution >= 4 is 27.5 Å². The average Bonchev–Trinajstić information content (AvgIpc) is 2.92. The molecule has 4 rings (SSSR count). The van der Waals surface area contributed by atoms with E-state index in [-0.39, 0.29) is 11.7 Å². The van der Waals surface area contributed by atoms with Crippen molar-refractivity contribution in [3.63, 3.8) is 0 Å². The van der Waals surface area contributed by atoms with Gasteiger partial charge in [0.25, 0.3) is 0 Å². The van der Waals surface area contributed by atoms with Crippen molar-refractivity contribution in [3.05, 3.63) is 93.5 Å². The number of amides is 1. The zero-order valence-electron chi connectivity index (χ0n) is 13.6. The molecule has 3 nitrogen and oxygen atoms in total. The molecule has 1 atom stereocenters. The van der Waals surface area contributed by atoms with Gasteiger partial charge in [-0.1, -0.05) is 60.2 Å². The van der Waals surface area contributed by atoms with Crippen molar-refractivity contribution in [2.24, 2.45) is 0 Å². The van der Waals surface area contributed by atoms with Gasteiger partial charge in [-0.05, 0) is 40.5 Å². The summed E-state index contributed by atoms with van der Waals surface area (Å²) < 4.78 is 0.822. The number of phenolic OH excluding ortho intramolecular Hbond substituents is 1. The molecule has 0 fully saturated rings. The summed E-state index contributed by atoms with van der Waals surface area (Å²) in [5, 5.41) is 13.6. The molecule has 0 spiro atoms. The molecule has 0 aliphatic carbocycles. The summed E-state index contributed by atoms with van der Waals surface area (Å²) in [6, 6.07) is 20.7. The van der Waals surface area contributed by atoms with E-state index in [9.17, 15) is 9.90 Å². The van der Waals surface area contributed by atoms with Gasteiger partial charge in [0.1, 0.15) is 11.2 Å². The molecule has 25 heavy (non-hydrogen) atoms. The maximum Gasteiger partial charge on any atom is 0.244 e. The van der Waals surface area contributed by atoms with E-state index in [1.807, 2.05) is 67.6 Å². The van der Waals surface area contributed by atoms with Crippen LogP contribution >= 0.6 is 15.9 Å². The van der Waals surface area contributed by atoms with Crippen LogP contribution in [-0.4, -0.2) is 11.0 Å². The first-order valence-electron chi connectivity index (χ1n) is 8.01. The van der Waals surface area contributed by atoms with E-state index in [0.717, 1.165) is 26.9 Å². The summed E-state index contributed by atoms with van der Waals surface area (Å²) in [7, 11) is 0. The summed E-state index contributed by atoms with van der Waals surface area (Å²) in [5.41, 5.74) is 2.89. The van der Waals surface area contributed by atoms with E-state index in [1.54, 1.807) is 6.07 Å². The molecule has 1 amide bonds. The van der Waals surface area contributed by atoms with E-state index < -0.39 is 5.41 Å². The van der Waals surface area contributed by atoms with Crippen molar-refractivity contribution in [1.82, 2.24) is 0 Å². The molecule has 0 aromatic heterocycles. The van der Waals surface area contributed by atoms with Crippen LogP contribution in [-0.2, 0) is 10.2 Å². The topological polar surface area (TPSA) is 49.3 Å². The van der Waals surface area contributed by atoms with Gasteiger partial charge in [0.15, 0.2) is 0 Å². The highest BCUT2D eigenvalue weighted by Crippen LogP contribution is 2.51. The van der Waals surface area contributed by atoms with E-state index in [0.29, 0.717) is 5.56 Å². The average molecular weight is 394 g/mol. The number of benzene rings is 3. The smallest absolute Gasteiger partial charge is 0.244 e. The Balaban J connectivity index is 2.15. The Kier molecular flexibility index (Phi) is 3.65. The fraction of sp³-hybridized carbons (Fsp3) is 0.0952. The molecule has 4 heteroatoms. The molecule has 0 saturated heterocycles. The van der Waals surface area contributed by atoms with Crippen LogP contribution in [0.3, 0.4) is 0 Å². The van der Waals surface area contributed by atoms with Gasteiger partial charge in [-0.25, -0.2) is 0 Å². The molecule has 1 aliphatic rings. The van der Waals surface area contributed by atoms with E-state index in [2.05, 4.69) is 21.2 Å². The molecule has 124 valence electrons. The van der Waals surface area contributed by atoms with Crippen molar-refractivity contribution in [2.75, 3.05) is 5.32 Å². The number of phenols is 1. The lowest BCUT2D eigenvalue weighted by molar-refractivity contribution is -0.118. The van der Waals surface area contributed by atoms with Crippen LogP contribution < -0.4 is 5.32 Å². The predicted molar refractivity (Wildman–Crippen MR) is 102 cm³/mol. The third-order valence-corrected chi connectivity index (χ3v) is 5.42. The molecule has 1 unspecified atom stereocenters. The SMILES string of the molecule is Cc1ccc(O)c(C2(c3ccccc3)C(=O)Nc3c(Br)cccc32)c1. The van der Waals surface area contributed by atoms with Crippen LogP contribution in [0.2, 0.25) is 0 Å². The number of nitrogens with one attached hydrogen (secondary N) is 1. The monoisotopic (exact) mass is 393 g/mol. The van der Waals surface area contributed by atoms with Crippen molar-refractivity contribution in [3.8, 4) is 5.75 Å². The molecule has 0 bridgehead atoms. The molecule has 2 N–H and O–H groups in total. The lowest BCUT2D eigenvalue weighted by Gasteiger charge is -2.30. The summed E-state index contributed by atoms with van der Waals surface area (Å²) in [4.78, 5) is 13.3. The van der Waals surface area contributed by atoms with Gasteiger partial charge in [-0.15, -0.1) is 0 Å². The minimum atomic E-state index is -1.09. The number of hydrogen-bond acceptors (Lipinski definition) is 2. The van der Waals surface area contributed by atoms with Crippen molar-refractivity contribution in [1.29, 1.82) is 0 Å². The molecular weight excluding hydrogens is 378 g/mol. The highest BCUT2D eigenvalue weighted by molar-refractivity contribution is 9.10. The summed E-state index contributed by atoms with van der Waals surface area (Å²) in [6.45, 7) is 1.95. The maximum atomic E-state index is 13.3. The van der Waals surface area contributed by atoms with E-state index >= 15 is 0 Å². The van der Waals surface area contributed by atoms with Crippen LogP contribution in [0.4, 0.5) is 5.69 Å². The second-order valence-electron chi connectivity index (χ2n) is 6.25. The number of rotatable bonds is 2. The van der Waals surface area contributed by atoms with Gasteiger partial charge in [0, 0.05) is 15.6 Å². The van der Waals surface area contributed by atoms with Gasteiger partial charge in [0.2, 0.25) is 5.91 Å². The number of hydrogen-bond donors (Lipinski definition) is 2. The molecular formula is C21H16BrNO2. The van der Waals surface area contributed by atoms with Gasteiger partial charge >= 0.3 is 0 Å². The Morgan fingerprint density at radius 2 is 1.72 bits per heavy atom.